The zero-order valence-corrected chi connectivity index (χ0v) is 14.1. The van der Waals surface area contributed by atoms with Crippen molar-refractivity contribution >= 4 is 12.1 Å². The summed E-state index contributed by atoms with van der Waals surface area (Å²) in [5.41, 5.74) is 6.67. The van der Waals surface area contributed by atoms with E-state index in [-0.39, 0.29) is 5.91 Å². The molecule has 0 fully saturated rings. The first kappa shape index (κ1) is 16.7. The molecule has 3 nitrogen and oxygen atoms in total. The van der Waals surface area contributed by atoms with Crippen LogP contribution in [-0.2, 0) is 4.79 Å². The van der Waals surface area contributed by atoms with Gasteiger partial charge in [0.05, 0.1) is 12.1 Å². The summed E-state index contributed by atoms with van der Waals surface area (Å²) >= 11 is 0. The molecule has 25 heavy (non-hydrogen) atoms. The van der Waals surface area contributed by atoms with Gasteiger partial charge in [-0.3, -0.25) is 4.79 Å². The van der Waals surface area contributed by atoms with Crippen LogP contribution >= 0.6 is 0 Å². The van der Waals surface area contributed by atoms with Crippen LogP contribution in [0.4, 0.5) is 0 Å². The third-order valence-corrected chi connectivity index (χ3v) is 4.09. The number of nitrogens with one attached hydrogen (secondary N) is 1. The molecule has 0 aliphatic carbocycles. The van der Waals surface area contributed by atoms with Gasteiger partial charge in [-0.15, -0.1) is 0 Å². The Labute approximate surface area is 148 Å². The Morgan fingerprint density at radius 2 is 1.36 bits per heavy atom. The number of hydrazone groups is 1. The molecule has 3 aromatic rings. The predicted molar refractivity (Wildman–Crippen MR) is 102 cm³/mol. The Hall–Kier alpha value is -3.20. The number of benzene rings is 3. The van der Waals surface area contributed by atoms with E-state index in [1.54, 1.807) is 6.21 Å². The number of aryl methyl sites for hydroxylation is 1. The minimum Gasteiger partial charge on any atom is -0.272 e. The molecular weight excluding hydrogens is 308 g/mol. The Bertz CT molecular complexity index is 818. The van der Waals surface area contributed by atoms with E-state index in [4.69, 9.17) is 0 Å². The van der Waals surface area contributed by atoms with E-state index in [1.807, 2.05) is 91.9 Å². The van der Waals surface area contributed by atoms with Gasteiger partial charge in [0.2, 0.25) is 0 Å². The fourth-order valence-corrected chi connectivity index (χ4v) is 2.75. The summed E-state index contributed by atoms with van der Waals surface area (Å²) < 4.78 is 0. The van der Waals surface area contributed by atoms with Crippen LogP contribution in [0.5, 0.6) is 0 Å². The van der Waals surface area contributed by atoms with Crippen LogP contribution in [0.3, 0.4) is 0 Å². The first-order valence-electron chi connectivity index (χ1n) is 8.24. The van der Waals surface area contributed by atoms with Crippen molar-refractivity contribution < 1.29 is 4.79 Å². The number of hydrogen-bond acceptors (Lipinski definition) is 2. The minimum atomic E-state index is -0.392. The van der Waals surface area contributed by atoms with Gasteiger partial charge in [-0.1, -0.05) is 84.9 Å². The number of hydrogen-bond donors (Lipinski definition) is 1. The topological polar surface area (TPSA) is 41.5 Å². The van der Waals surface area contributed by atoms with E-state index >= 15 is 0 Å². The van der Waals surface area contributed by atoms with Gasteiger partial charge in [0.15, 0.2) is 0 Å². The first-order chi connectivity index (χ1) is 12.3. The van der Waals surface area contributed by atoms with E-state index in [9.17, 15) is 4.79 Å². The number of carbonyl (C=O) groups excluding carboxylic acids is 1. The van der Waals surface area contributed by atoms with Crippen molar-refractivity contribution in [2.75, 3.05) is 0 Å². The second-order valence-electron chi connectivity index (χ2n) is 5.85. The molecule has 0 unspecified atom stereocenters. The average molecular weight is 328 g/mol. The summed E-state index contributed by atoms with van der Waals surface area (Å²) in [5.74, 6) is -0.543. The third-order valence-electron chi connectivity index (χ3n) is 4.09. The molecule has 3 heteroatoms. The molecule has 0 radical (unpaired) electrons. The average Bonchev–Trinajstić information content (AvgIpc) is 2.65. The van der Waals surface area contributed by atoms with E-state index in [2.05, 4.69) is 10.5 Å². The molecule has 0 aromatic heterocycles. The largest absolute Gasteiger partial charge is 0.272 e. The Morgan fingerprint density at radius 3 is 1.92 bits per heavy atom. The van der Waals surface area contributed by atoms with Crippen LogP contribution in [0, 0.1) is 6.92 Å². The molecule has 0 aliphatic heterocycles. The molecule has 0 bridgehead atoms. The Morgan fingerprint density at radius 1 is 0.840 bits per heavy atom. The van der Waals surface area contributed by atoms with Crippen molar-refractivity contribution in [1.82, 2.24) is 5.43 Å². The van der Waals surface area contributed by atoms with Crippen molar-refractivity contribution in [2.24, 2.45) is 5.10 Å². The predicted octanol–water partition coefficient (Wildman–Crippen LogP) is 4.28. The van der Waals surface area contributed by atoms with Crippen molar-refractivity contribution in [2.45, 2.75) is 12.8 Å². The highest BCUT2D eigenvalue weighted by molar-refractivity contribution is 5.89. The van der Waals surface area contributed by atoms with Crippen LogP contribution < -0.4 is 5.43 Å². The third kappa shape index (κ3) is 4.21. The second-order valence-corrected chi connectivity index (χ2v) is 5.85. The summed E-state index contributed by atoms with van der Waals surface area (Å²) in [4.78, 5) is 12.8. The maximum atomic E-state index is 12.8. The Kier molecular flexibility index (Phi) is 5.37. The lowest BCUT2D eigenvalue weighted by molar-refractivity contribution is -0.121. The lowest BCUT2D eigenvalue weighted by Gasteiger charge is -2.16. The van der Waals surface area contributed by atoms with Gasteiger partial charge in [-0.05, 0) is 29.2 Å². The van der Waals surface area contributed by atoms with Crippen LogP contribution in [0.1, 0.15) is 28.2 Å². The molecule has 0 saturated carbocycles. The molecule has 124 valence electrons. The van der Waals surface area contributed by atoms with Gasteiger partial charge < -0.3 is 0 Å². The molecule has 0 spiro atoms. The number of carbonyl (C=O) groups is 1. The van der Waals surface area contributed by atoms with Crippen molar-refractivity contribution in [3.05, 3.63) is 107 Å². The number of rotatable bonds is 5. The zero-order valence-electron chi connectivity index (χ0n) is 14.1. The monoisotopic (exact) mass is 328 g/mol. The molecule has 1 amide bonds. The molecule has 3 aromatic carbocycles. The highest BCUT2D eigenvalue weighted by Crippen LogP contribution is 2.24. The molecule has 3 rings (SSSR count). The van der Waals surface area contributed by atoms with Gasteiger partial charge in [0.25, 0.3) is 5.91 Å². The molecule has 0 aliphatic rings. The summed E-state index contributed by atoms with van der Waals surface area (Å²) in [7, 11) is 0. The van der Waals surface area contributed by atoms with Crippen LogP contribution in [-0.4, -0.2) is 12.1 Å². The minimum absolute atomic E-state index is 0.151. The fourth-order valence-electron chi connectivity index (χ4n) is 2.75. The molecule has 0 saturated heterocycles. The van der Waals surface area contributed by atoms with Crippen LogP contribution in [0.2, 0.25) is 0 Å². The lowest BCUT2D eigenvalue weighted by Crippen LogP contribution is -2.26. The Balaban J connectivity index is 1.82. The summed E-state index contributed by atoms with van der Waals surface area (Å²) in [6.45, 7) is 2.01. The first-order valence-corrected chi connectivity index (χ1v) is 8.24. The summed E-state index contributed by atoms with van der Waals surface area (Å²) in [6, 6.07) is 27.4. The summed E-state index contributed by atoms with van der Waals surface area (Å²) in [5, 5.41) is 4.15. The second kappa shape index (κ2) is 8.06. The van der Waals surface area contributed by atoms with Gasteiger partial charge in [-0.2, -0.15) is 5.10 Å². The zero-order chi connectivity index (χ0) is 17.5. The summed E-state index contributed by atoms with van der Waals surface area (Å²) in [6.07, 6.45) is 1.68. The fraction of sp³-hybridized carbons (Fsp3) is 0.0909. The molecule has 0 atom stereocenters. The lowest BCUT2D eigenvalue weighted by atomic mass is 9.91. The maximum absolute atomic E-state index is 12.8. The van der Waals surface area contributed by atoms with Gasteiger partial charge in [0, 0.05) is 0 Å². The van der Waals surface area contributed by atoms with Crippen molar-refractivity contribution in [1.29, 1.82) is 0 Å². The van der Waals surface area contributed by atoms with Gasteiger partial charge in [0.1, 0.15) is 0 Å². The highest BCUT2D eigenvalue weighted by atomic mass is 16.2. The SMILES string of the molecule is Cc1ccccc1/C=N/NC(=O)C(c1ccccc1)c1ccccc1. The molecule has 0 heterocycles. The van der Waals surface area contributed by atoms with Gasteiger partial charge in [-0.25, -0.2) is 5.43 Å². The normalized spacial score (nSPS) is 11.0. The number of amides is 1. The van der Waals surface area contributed by atoms with Crippen molar-refractivity contribution in [3.63, 3.8) is 0 Å². The van der Waals surface area contributed by atoms with Gasteiger partial charge >= 0.3 is 0 Å². The highest BCUT2D eigenvalue weighted by Gasteiger charge is 2.22. The quantitative estimate of drug-likeness (QED) is 0.551. The van der Waals surface area contributed by atoms with Crippen molar-refractivity contribution in [3.8, 4) is 0 Å². The van der Waals surface area contributed by atoms with E-state index in [0.29, 0.717) is 0 Å². The standard InChI is InChI=1S/C22H20N2O/c1-17-10-8-9-15-20(17)16-23-24-22(25)21(18-11-4-2-5-12-18)19-13-6-3-7-14-19/h2-16,21H,1H3,(H,24,25)/b23-16+. The van der Waals surface area contributed by atoms with E-state index in [1.165, 1.54) is 0 Å². The van der Waals surface area contributed by atoms with E-state index in [0.717, 1.165) is 22.3 Å². The maximum Gasteiger partial charge on any atom is 0.252 e. The molecular formula is C22H20N2O. The smallest absolute Gasteiger partial charge is 0.252 e. The van der Waals surface area contributed by atoms with Crippen LogP contribution in [0.15, 0.2) is 90.0 Å². The molecule has 1 N–H and O–H groups in total. The van der Waals surface area contributed by atoms with Crippen LogP contribution in [0.25, 0.3) is 0 Å². The number of nitrogens with zero attached hydrogens (tertiary/aromatic N) is 1. The van der Waals surface area contributed by atoms with E-state index < -0.39 is 5.92 Å².